The monoisotopic (exact) mass is 353 g/mol. The van der Waals surface area contributed by atoms with E-state index in [4.69, 9.17) is 16.3 Å². The van der Waals surface area contributed by atoms with Crippen molar-refractivity contribution in [2.75, 3.05) is 5.32 Å². The van der Waals surface area contributed by atoms with Crippen molar-refractivity contribution < 1.29 is 14.3 Å². The molecule has 3 aromatic rings. The molecule has 3 rings (SSSR count). The number of rotatable bonds is 4. The molecule has 3 aromatic carbocycles. The van der Waals surface area contributed by atoms with Gasteiger partial charge in [0.05, 0.1) is 5.56 Å². The summed E-state index contributed by atoms with van der Waals surface area (Å²) in [5.74, 6) is -0.962. The summed E-state index contributed by atoms with van der Waals surface area (Å²) in [6.45, 7) is 1.53. The second kappa shape index (κ2) is 7.36. The van der Waals surface area contributed by atoms with Gasteiger partial charge >= 0.3 is 5.97 Å². The zero-order chi connectivity index (χ0) is 17.8. The Morgan fingerprint density at radius 3 is 2.48 bits per heavy atom. The molecule has 0 unspecified atom stereocenters. The maximum atomic E-state index is 12.3. The summed E-state index contributed by atoms with van der Waals surface area (Å²) in [4.78, 5) is 24.5. The molecule has 5 heteroatoms. The molecule has 4 nitrogen and oxygen atoms in total. The van der Waals surface area contributed by atoms with Crippen LogP contribution in [-0.2, 0) is 9.53 Å². The van der Waals surface area contributed by atoms with Gasteiger partial charge in [-0.25, -0.2) is 4.79 Å². The number of nitrogens with one attached hydrogen (secondary N) is 1. The minimum atomic E-state index is -0.932. The average Bonchev–Trinajstić information content (AvgIpc) is 2.61. The minimum Gasteiger partial charge on any atom is -0.449 e. The van der Waals surface area contributed by atoms with Gasteiger partial charge in [0, 0.05) is 10.7 Å². The fraction of sp³-hybridized carbons (Fsp3) is 0.100. The lowest BCUT2D eigenvalue weighted by Crippen LogP contribution is -2.30. The van der Waals surface area contributed by atoms with Gasteiger partial charge in [-0.1, -0.05) is 48.0 Å². The van der Waals surface area contributed by atoms with E-state index in [9.17, 15) is 9.59 Å². The number of benzene rings is 3. The Labute approximate surface area is 150 Å². The average molecular weight is 354 g/mol. The molecule has 0 aliphatic carbocycles. The Kier molecular flexibility index (Phi) is 5.00. The van der Waals surface area contributed by atoms with Crippen LogP contribution in [0.25, 0.3) is 10.8 Å². The van der Waals surface area contributed by atoms with Gasteiger partial charge in [-0.05, 0) is 48.0 Å². The van der Waals surface area contributed by atoms with Crippen molar-refractivity contribution in [3.63, 3.8) is 0 Å². The number of fused-ring (bicyclic) bond motifs is 1. The third kappa shape index (κ3) is 4.17. The number of hydrogen-bond acceptors (Lipinski definition) is 3. The van der Waals surface area contributed by atoms with Crippen molar-refractivity contribution in [1.29, 1.82) is 0 Å². The number of halogens is 1. The van der Waals surface area contributed by atoms with Gasteiger partial charge in [0.25, 0.3) is 5.91 Å². The molecule has 1 atom stereocenters. The predicted molar refractivity (Wildman–Crippen MR) is 98.9 cm³/mol. The summed E-state index contributed by atoms with van der Waals surface area (Å²) in [7, 11) is 0. The van der Waals surface area contributed by atoms with Crippen LogP contribution in [0.2, 0.25) is 5.02 Å². The SMILES string of the molecule is C[C@H](OC(=O)c1ccc2ccccc2c1)C(=O)Nc1cccc(Cl)c1. The molecule has 0 aromatic heterocycles. The quantitative estimate of drug-likeness (QED) is 0.693. The topological polar surface area (TPSA) is 55.4 Å². The van der Waals surface area contributed by atoms with Crippen LogP contribution in [0.15, 0.2) is 66.7 Å². The Morgan fingerprint density at radius 1 is 0.960 bits per heavy atom. The molecule has 1 N–H and O–H groups in total. The van der Waals surface area contributed by atoms with E-state index in [-0.39, 0.29) is 0 Å². The van der Waals surface area contributed by atoms with Gasteiger partial charge in [0.1, 0.15) is 0 Å². The zero-order valence-electron chi connectivity index (χ0n) is 13.5. The number of ether oxygens (including phenoxy) is 1. The molecule has 0 spiro atoms. The van der Waals surface area contributed by atoms with E-state index < -0.39 is 18.0 Å². The van der Waals surface area contributed by atoms with Crippen LogP contribution in [0.1, 0.15) is 17.3 Å². The Morgan fingerprint density at radius 2 is 1.72 bits per heavy atom. The minimum absolute atomic E-state index is 0.404. The molecule has 0 bridgehead atoms. The van der Waals surface area contributed by atoms with Crippen molar-refractivity contribution in [2.45, 2.75) is 13.0 Å². The number of carbonyl (C=O) groups is 2. The first-order valence-electron chi connectivity index (χ1n) is 7.79. The first kappa shape index (κ1) is 17.0. The number of amides is 1. The largest absolute Gasteiger partial charge is 0.449 e. The van der Waals surface area contributed by atoms with Gasteiger partial charge in [0.15, 0.2) is 6.10 Å². The Balaban J connectivity index is 1.67. The number of esters is 1. The molecule has 0 saturated heterocycles. The van der Waals surface area contributed by atoms with Gasteiger partial charge in [0.2, 0.25) is 0 Å². The lowest BCUT2D eigenvalue weighted by molar-refractivity contribution is -0.123. The highest BCUT2D eigenvalue weighted by atomic mass is 35.5. The highest BCUT2D eigenvalue weighted by Gasteiger charge is 2.19. The summed E-state index contributed by atoms with van der Waals surface area (Å²) in [5.41, 5.74) is 0.951. The lowest BCUT2D eigenvalue weighted by Gasteiger charge is -2.14. The zero-order valence-corrected chi connectivity index (χ0v) is 14.3. The molecule has 1 amide bonds. The van der Waals surface area contributed by atoms with Gasteiger partial charge in [-0.2, -0.15) is 0 Å². The van der Waals surface area contributed by atoms with Gasteiger partial charge < -0.3 is 10.1 Å². The second-order valence-corrected chi connectivity index (χ2v) is 6.05. The molecular formula is C20H16ClNO3. The molecule has 0 radical (unpaired) electrons. The van der Waals surface area contributed by atoms with E-state index in [1.54, 1.807) is 36.4 Å². The van der Waals surface area contributed by atoms with Crippen molar-refractivity contribution >= 4 is 39.9 Å². The van der Waals surface area contributed by atoms with Crippen LogP contribution in [0.5, 0.6) is 0 Å². The standard InChI is InChI=1S/C20H16ClNO3/c1-13(19(23)22-18-8-4-7-17(21)12-18)25-20(24)16-10-9-14-5-2-3-6-15(14)11-16/h2-13H,1H3,(H,22,23)/t13-/m0/s1. The van der Waals surface area contributed by atoms with Crippen LogP contribution >= 0.6 is 11.6 Å². The highest BCUT2D eigenvalue weighted by molar-refractivity contribution is 6.30. The molecule has 25 heavy (non-hydrogen) atoms. The number of carbonyl (C=O) groups excluding carboxylic acids is 2. The summed E-state index contributed by atoms with van der Waals surface area (Å²) >= 11 is 5.88. The number of hydrogen-bond donors (Lipinski definition) is 1. The lowest BCUT2D eigenvalue weighted by atomic mass is 10.1. The maximum Gasteiger partial charge on any atom is 0.338 e. The summed E-state index contributed by atoms with van der Waals surface area (Å²) in [6, 6.07) is 19.8. The summed E-state index contributed by atoms with van der Waals surface area (Å²) in [6.07, 6.45) is -0.932. The van der Waals surface area contributed by atoms with Crippen LogP contribution in [0.4, 0.5) is 5.69 Å². The van der Waals surface area contributed by atoms with Gasteiger partial charge in [-0.3, -0.25) is 4.79 Å². The highest BCUT2D eigenvalue weighted by Crippen LogP contribution is 2.18. The smallest absolute Gasteiger partial charge is 0.338 e. The van der Waals surface area contributed by atoms with E-state index in [0.29, 0.717) is 16.3 Å². The fourth-order valence-corrected chi connectivity index (χ4v) is 2.60. The van der Waals surface area contributed by atoms with Crippen molar-refractivity contribution in [2.24, 2.45) is 0 Å². The van der Waals surface area contributed by atoms with Gasteiger partial charge in [-0.15, -0.1) is 0 Å². The Hall–Kier alpha value is -2.85. The van der Waals surface area contributed by atoms with E-state index >= 15 is 0 Å². The molecule has 0 aliphatic heterocycles. The first-order chi connectivity index (χ1) is 12.0. The molecule has 0 fully saturated rings. The molecule has 126 valence electrons. The second-order valence-electron chi connectivity index (χ2n) is 5.61. The van der Waals surface area contributed by atoms with E-state index in [0.717, 1.165) is 10.8 Å². The molecule has 0 heterocycles. The number of anilines is 1. The molecule has 0 aliphatic rings. The Bertz CT molecular complexity index is 939. The molecule has 0 saturated carbocycles. The van der Waals surface area contributed by atoms with Crippen LogP contribution in [0.3, 0.4) is 0 Å². The molecular weight excluding hydrogens is 338 g/mol. The van der Waals surface area contributed by atoms with E-state index in [2.05, 4.69) is 5.32 Å². The third-order valence-corrected chi connectivity index (χ3v) is 3.97. The predicted octanol–water partition coefficient (Wildman–Crippen LogP) is 4.68. The maximum absolute atomic E-state index is 12.3. The first-order valence-corrected chi connectivity index (χ1v) is 8.17. The normalized spacial score (nSPS) is 11.8. The van der Waals surface area contributed by atoms with Crippen LogP contribution in [0, 0.1) is 0 Å². The van der Waals surface area contributed by atoms with E-state index in [1.807, 2.05) is 30.3 Å². The summed E-state index contributed by atoms with van der Waals surface area (Å²) in [5, 5.41) is 5.15. The third-order valence-electron chi connectivity index (χ3n) is 3.73. The van der Waals surface area contributed by atoms with Crippen molar-refractivity contribution in [3.8, 4) is 0 Å². The van der Waals surface area contributed by atoms with Crippen LogP contribution in [-0.4, -0.2) is 18.0 Å². The van der Waals surface area contributed by atoms with E-state index in [1.165, 1.54) is 6.92 Å². The van der Waals surface area contributed by atoms with Crippen molar-refractivity contribution in [1.82, 2.24) is 0 Å². The van der Waals surface area contributed by atoms with Crippen molar-refractivity contribution in [3.05, 3.63) is 77.3 Å². The van der Waals surface area contributed by atoms with Crippen LogP contribution < -0.4 is 5.32 Å². The fourth-order valence-electron chi connectivity index (χ4n) is 2.41. The summed E-state index contributed by atoms with van der Waals surface area (Å²) < 4.78 is 5.27.